The zero-order chi connectivity index (χ0) is 36.7. The average Bonchev–Trinajstić information content (AvgIpc) is 3.68. The minimum Gasteiger partial charge on any atom is -0.466 e. The molecule has 0 saturated carbocycles. The summed E-state index contributed by atoms with van der Waals surface area (Å²) in [5, 5.41) is 11.2. The van der Waals surface area contributed by atoms with E-state index in [-0.39, 0.29) is 5.97 Å². The van der Waals surface area contributed by atoms with Crippen LogP contribution in [0, 0.1) is 13.8 Å². The van der Waals surface area contributed by atoms with Crippen LogP contribution < -0.4 is 5.48 Å². The lowest BCUT2D eigenvalue weighted by molar-refractivity contribution is -0.134. The number of amides is 1. The Hall–Kier alpha value is -5.66. The predicted molar refractivity (Wildman–Crippen MR) is 212 cm³/mol. The van der Waals surface area contributed by atoms with E-state index in [1.807, 2.05) is 24.3 Å². The quantitative estimate of drug-likeness (QED) is 0.0299. The van der Waals surface area contributed by atoms with E-state index in [2.05, 4.69) is 101 Å². The summed E-state index contributed by atoms with van der Waals surface area (Å²) in [6.07, 6.45) is 15.1. The van der Waals surface area contributed by atoms with Gasteiger partial charge in [-0.2, -0.15) is 0 Å². The molecule has 7 heteroatoms. The number of aromatic nitrogens is 2. The van der Waals surface area contributed by atoms with E-state index in [1.165, 1.54) is 81.1 Å². The van der Waals surface area contributed by atoms with Gasteiger partial charge in [0.1, 0.15) is 0 Å². The number of carbonyl (C=O) groups is 2. The fraction of sp³-hybridized carbons (Fsp3) is 0.244. The van der Waals surface area contributed by atoms with Crippen molar-refractivity contribution in [1.82, 2.24) is 15.4 Å². The molecule has 1 amide bonds. The van der Waals surface area contributed by atoms with Crippen LogP contribution in [0.4, 0.5) is 0 Å². The van der Waals surface area contributed by atoms with Crippen molar-refractivity contribution in [2.75, 3.05) is 7.11 Å². The minimum absolute atomic E-state index is 0.332. The third kappa shape index (κ3) is 10.7. The molecule has 0 aliphatic heterocycles. The van der Waals surface area contributed by atoms with Crippen molar-refractivity contribution < 1.29 is 19.5 Å². The molecule has 6 rings (SSSR count). The number of aryl methyl sites for hydroxylation is 6. The Balaban J connectivity index is 0.000000201. The summed E-state index contributed by atoms with van der Waals surface area (Å²) < 4.78 is 4.60. The van der Waals surface area contributed by atoms with Crippen molar-refractivity contribution in [2.24, 2.45) is 0 Å². The Kier molecular flexibility index (Phi) is 13.8. The number of unbranched alkanes of at least 4 members (excludes halogenated alkanes) is 2. The molecule has 7 nitrogen and oxygen atoms in total. The molecule has 0 aliphatic carbocycles. The van der Waals surface area contributed by atoms with Crippen LogP contribution in [0.25, 0.3) is 34.0 Å². The topological polar surface area (TPSA) is 107 Å². The third-order valence-corrected chi connectivity index (χ3v) is 9.45. The largest absolute Gasteiger partial charge is 0.466 e. The molecule has 4 aromatic carbocycles. The number of fused-ring (bicyclic) bond motifs is 2. The van der Waals surface area contributed by atoms with Gasteiger partial charge in [0.25, 0.3) is 5.91 Å². The van der Waals surface area contributed by atoms with E-state index in [4.69, 9.17) is 5.21 Å². The lowest BCUT2D eigenvalue weighted by Gasteiger charge is -2.04. The summed E-state index contributed by atoms with van der Waals surface area (Å²) in [4.78, 5) is 29.0. The molecule has 0 atom stereocenters. The first-order chi connectivity index (χ1) is 25.3. The van der Waals surface area contributed by atoms with Gasteiger partial charge in [-0.15, -0.1) is 0 Å². The average molecular weight is 696 g/mol. The smallest absolute Gasteiger partial charge is 0.330 e. The number of esters is 1. The molecule has 0 radical (unpaired) electrons. The van der Waals surface area contributed by atoms with Crippen LogP contribution in [-0.2, 0) is 40.0 Å². The maximum absolute atomic E-state index is 11.1. The van der Waals surface area contributed by atoms with Gasteiger partial charge in [0.05, 0.1) is 7.11 Å². The summed E-state index contributed by atoms with van der Waals surface area (Å²) in [5.74, 6) is -0.858. The summed E-state index contributed by atoms with van der Waals surface area (Å²) in [6.45, 7) is 4.31. The Morgan fingerprint density at radius 2 is 1.04 bits per heavy atom. The molecule has 0 fully saturated rings. The molecule has 0 unspecified atom stereocenters. The highest BCUT2D eigenvalue weighted by Gasteiger charge is 2.09. The SMILES string of the molecule is COC(=O)/C=C/c1ccc(CCCCc2c(C)[nH]c3ccccc23)cc1.Cc1[nH]c2ccccc2c1CCCCc1ccc(/C=C/C(=O)NO)cc1. The van der Waals surface area contributed by atoms with Crippen LogP contribution in [0.1, 0.15) is 70.5 Å². The first kappa shape index (κ1) is 37.6. The molecule has 0 bridgehead atoms. The lowest BCUT2D eigenvalue weighted by Crippen LogP contribution is -2.14. The van der Waals surface area contributed by atoms with Gasteiger partial charge in [-0.1, -0.05) is 84.9 Å². The van der Waals surface area contributed by atoms with Gasteiger partial charge in [-0.25, -0.2) is 10.3 Å². The van der Waals surface area contributed by atoms with E-state index in [0.29, 0.717) is 0 Å². The normalized spacial score (nSPS) is 11.3. The monoisotopic (exact) mass is 695 g/mol. The molecule has 268 valence electrons. The second kappa shape index (κ2) is 19.1. The van der Waals surface area contributed by atoms with Crippen molar-refractivity contribution in [1.29, 1.82) is 0 Å². The fourth-order valence-corrected chi connectivity index (χ4v) is 6.61. The number of ether oxygens (including phenoxy) is 1. The van der Waals surface area contributed by atoms with E-state index in [9.17, 15) is 9.59 Å². The number of H-pyrrole nitrogens is 2. The second-order valence-electron chi connectivity index (χ2n) is 13.1. The van der Waals surface area contributed by atoms with Crippen molar-refractivity contribution in [3.63, 3.8) is 0 Å². The van der Waals surface area contributed by atoms with Crippen LogP contribution in [0.5, 0.6) is 0 Å². The summed E-state index contributed by atoms with van der Waals surface area (Å²) in [6, 6.07) is 33.5. The zero-order valence-electron chi connectivity index (χ0n) is 30.4. The Morgan fingerprint density at radius 3 is 1.48 bits per heavy atom. The Morgan fingerprint density at radius 1 is 0.615 bits per heavy atom. The number of nitrogens with one attached hydrogen (secondary N) is 3. The molecule has 2 heterocycles. The van der Waals surface area contributed by atoms with Crippen molar-refractivity contribution in [2.45, 2.75) is 65.2 Å². The van der Waals surface area contributed by atoms with Crippen molar-refractivity contribution >= 4 is 45.8 Å². The predicted octanol–water partition coefficient (Wildman–Crippen LogP) is 9.79. The molecule has 0 saturated heterocycles. The highest BCUT2D eigenvalue weighted by Crippen LogP contribution is 2.25. The molecule has 52 heavy (non-hydrogen) atoms. The van der Waals surface area contributed by atoms with Crippen LogP contribution >= 0.6 is 0 Å². The number of carbonyl (C=O) groups excluding carboxylic acids is 2. The van der Waals surface area contributed by atoms with E-state index in [1.54, 1.807) is 17.6 Å². The summed E-state index contributed by atoms with van der Waals surface area (Å²) in [5.41, 5.74) is 14.0. The number of benzene rings is 4. The van der Waals surface area contributed by atoms with Gasteiger partial charge >= 0.3 is 5.97 Å². The lowest BCUT2D eigenvalue weighted by atomic mass is 10.0. The van der Waals surface area contributed by atoms with Gasteiger partial charge in [0, 0.05) is 45.3 Å². The minimum atomic E-state index is -0.526. The van der Waals surface area contributed by atoms with Crippen molar-refractivity contribution in [3.05, 3.63) is 154 Å². The molecular weight excluding hydrogens is 647 g/mol. The maximum atomic E-state index is 11.1. The first-order valence-electron chi connectivity index (χ1n) is 18.0. The number of aromatic amines is 2. The maximum Gasteiger partial charge on any atom is 0.330 e. The Labute approximate surface area is 306 Å². The number of rotatable bonds is 14. The van der Waals surface area contributed by atoms with E-state index < -0.39 is 5.91 Å². The highest BCUT2D eigenvalue weighted by molar-refractivity contribution is 5.91. The van der Waals surface area contributed by atoms with Gasteiger partial charge in [0.2, 0.25) is 0 Å². The zero-order valence-corrected chi connectivity index (χ0v) is 30.4. The number of methoxy groups -OCH3 is 1. The number of para-hydroxylation sites is 2. The molecule has 4 N–H and O–H groups in total. The number of hydrogen-bond acceptors (Lipinski definition) is 4. The van der Waals surface area contributed by atoms with E-state index >= 15 is 0 Å². The molecule has 6 aromatic rings. The number of hydrogen-bond donors (Lipinski definition) is 4. The van der Waals surface area contributed by atoms with Crippen LogP contribution in [0.3, 0.4) is 0 Å². The highest BCUT2D eigenvalue weighted by atomic mass is 16.5. The Bertz CT molecular complexity index is 1960. The van der Waals surface area contributed by atoms with Crippen LogP contribution in [-0.4, -0.2) is 34.2 Å². The number of hydroxylamine groups is 1. The third-order valence-electron chi connectivity index (χ3n) is 9.45. The van der Waals surface area contributed by atoms with Gasteiger partial charge in [-0.3, -0.25) is 10.0 Å². The second-order valence-corrected chi connectivity index (χ2v) is 13.1. The molecular formula is C45H49N3O4. The van der Waals surface area contributed by atoms with Crippen LogP contribution in [0.15, 0.2) is 109 Å². The van der Waals surface area contributed by atoms with Crippen molar-refractivity contribution in [3.8, 4) is 0 Å². The molecule has 0 spiro atoms. The van der Waals surface area contributed by atoms with Gasteiger partial charge < -0.3 is 14.7 Å². The fourth-order valence-electron chi connectivity index (χ4n) is 6.61. The summed E-state index contributed by atoms with van der Waals surface area (Å²) >= 11 is 0. The first-order valence-corrected chi connectivity index (χ1v) is 18.0. The van der Waals surface area contributed by atoms with E-state index in [0.717, 1.165) is 56.1 Å². The van der Waals surface area contributed by atoms with Gasteiger partial charge in [0.15, 0.2) is 0 Å². The summed E-state index contributed by atoms with van der Waals surface area (Å²) in [7, 11) is 1.38. The standard InChI is InChI=1S/C23H25NO2.C22H24N2O2/c1-17-20(21-9-5-6-10-22(21)24-17)8-4-3-7-18-11-13-19(14-12-18)15-16-23(25)26-2;1-16-19(20-8-4-5-9-21(20)23-16)7-3-2-6-17-10-12-18(13-11-17)14-15-22(25)24-26/h5-6,9-16,24H,3-4,7-8H2,1-2H3;4-5,8-15,23,26H,2-3,6-7H2,1H3,(H,24,25)/b16-15+;15-14+. The molecule has 2 aromatic heterocycles. The van der Waals surface area contributed by atoms with Gasteiger partial charge in [-0.05, 0) is 123 Å². The van der Waals surface area contributed by atoms with Crippen LogP contribution in [0.2, 0.25) is 0 Å². The molecule has 0 aliphatic rings.